The fourth-order valence-corrected chi connectivity index (χ4v) is 4.86. The number of piperidine rings is 1. The van der Waals surface area contributed by atoms with Gasteiger partial charge in [-0.15, -0.1) is 0 Å². The largest absolute Gasteiger partial charge is 0.493 e. The topological polar surface area (TPSA) is 89.2 Å². The number of aryl methyl sites for hydroxylation is 3. The molecule has 1 aromatic heterocycles. The molecule has 8 heteroatoms. The SMILES string of the molecule is COc1cc(CN2CC[C@H](O)[C@@](O)(COc3cc(C)cc(C)c3C)C2)ccc1OCCn1ccnc1C. The molecule has 0 bridgehead atoms. The first-order chi connectivity index (χ1) is 17.7. The molecule has 0 aliphatic carbocycles. The smallest absolute Gasteiger partial charge is 0.161 e. The summed E-state index contributed by atoms with van der Waals surface area (Å²) in [5.41, 5.74) is 2.98. The molecule has 0 radical (unpaired) electrons. The van der Waals surface area contributed by atoms with Crippen LogP contribution in [0.25, 0.3) is 0 Å². The van der Waals surface area contributed by atoms with Crippen molar-refractivity contribution in [1.82, 2.24) is 14.5 Å². The predicted molar refractivity (Wildman–Crippen MR) is 142 cm³/mol. The lowest BCUT2D eigenvalue weighted by atomic mass is 9.90. The van der Waals surface area contributed by atoms with Crippen molar-refractivity contribution >= 4 is 0 Å². The lowest BCUT2D eigenvalue weighted by Crippen LogP contribution is -2.59. The van der Waals surface area contributed by atoms with E-state index in [1.54, 1.807) is 13.3 Å². The van der Waals surface area contributed by atoms with Crippen LogP contribution < -0.4 is 14.2 Å². The molecule has 0 spiro atoms. The van der Waals surface area contributed by atoms with Crippen LogP contribution in [0.15, 0.2) is 42.7 Å². The van der Waals surface area contributed by atoms with E-state index in [9.17, 15) is 10.2 Å². The number of nitrogens with zero attached hydrogens (tertiary/aromatic N) is 3. The summed E-state index contributed by atoms with van der Waals surface area (Å²) < 4.78 is 19.7. The number of methoxy groups -OCH3 is 1. The van der Waals surface area contributed by atoms with Crippen LogP contribution in [0.3, 0.4) is 0 Å². The van der Waals surface area contributed by atoms with Crippen LogP contribution in [-0.2, 0) is 13.1 Å². The molecular formula is C29H39N3O5. The Morgan fingerprint density at radius 2 is 1.86 bits per heavy atom. The van der Waals surface area contributed by atoms with E-state index < -0.39 is 11.7 Å². The van der Waals surface area contributed by atoms with Gasteiger partial charge in [-0.3, -0.25) is 4.90 Å². The number of hydrogen-bond acceptors (Lipinski definition) is 7. The maximum atomic E-state index is 11.4. The van der Waals surface area contributed by atoms with E-state index in [4.69, 9.17) is 14.2 Å². The van der Waals surface area contributed by atoms with Crippen LogP contribution in [-0.4, -0.2) is 69.8 Å². The van der Waals surface area contributed by atoms with Crippen LogP contribution in [0.2, 0.25) is 0 Å². The number of likely N-dealkylation sites (tertiary alicyclic amines) is 1. The van der Waals surface area contributed by atoms with Crippen molar-refractivity contribution < 1.29 is 24.4 Å². The Labute approximate surface area is 219 Å². The highest BCUT2D eigenvalue weighted by Crippen LogP contribution is 2.31. The Morgan fingerprint density at radius 1 is 1.05 bits per heavy atom. The average Bonchev–Trinajstić information content (AvgIpc) is 3.28. The molecule has 3 aromatic rings. The molecule has 0 amide bonds. The molecule has 0 unspecified atom stereocenters. The normalized spacial score (nSPS) is 20.1. The van der Waals surface area contributed by atoms with Crippen molar-refractivity contribution in [3.8, 4) is 17.2 Å². The van der Waals surface area contributed by atoms with Crippen molar-refractivity contribution in [3.05, 3.63) is 70.8 Å². The number of aliphatic hydroxyl groups excluding tert-OH is 1. The number of β-amino-alcohol motifs (C(OH)–C–C–N with tert-alkyl or cyclic N) is 1. The summed E-state index contributed by atoms with van der Waals surface area (Å²) in [7, 11) is 1.63. The van der Waals surface area contributed by atoms with Gasteiger partial charge < -0.3 is 29.0 Å². The van der Waals surface area contributed by atoms with Gasteiger partial charge in [0.25, 0.3) is 0 Å². The van der Waals surface area contributed by atoms with Crippen molar-refractivity contribution in [3.63, 3.8) is 0 Å². The van der Waals surface area contributed by atoms with E-state index in [2.05, 4.69) is 16.0 Å². The van der Waals surface area contributed by atoms with Crippen LogP contribution in [0.5, 0.6) is 17.2 Å². The summed E-state index contributed by atoms with van der Waals surface area (Å²) in [4.78, 5) is 6.37. The Hall–Kier alpha value is -3.07. The molecule has 2 aromatic carbocycles. The van der Waals surface area contributed by atoms with Gasteiger partial charge in [0.2, 0.25) is 0 Å². The lowest BCUT2D eigenvalue weighted by Gasteiger charge is -2.42. The van der Waals surface area contributed by atoms with Crippen molar-refractivity contribution in [1.29, 1.82) is 0 Å². The highest BCUT2D eigenvalue weighted by molar-refractivity contribution is 5.43. The highest BCUT2D eigenvalue weighted by atomic mass is 16.5. The Morgan fingerprint density at radius 3 is 2.59 bits per heavy atom. The van der Waals surface area contributed by atoms with Gasteiger partial charge in [-0.1, -0.05) is 12.1 Å². The molecular weight excluding hydrogens is 470 g/mol. The molecule has 2 atom stereocenters. The van der Waals surface area contributed by atoms with E-state index in [1.807, 2.05) is 62.7 Å². The summed E-state index contributed by atoms with van der Waals surface area (Å²) in [6, 6.07) is 9.99. The zero-order chi connectivity index (χ0) is 26.6. The molecule has 2 heterocycles. The number of imidazole rings is 1. The van der Waals surface area contributed by atoms with Gasteiger partial charge in [0.1, 0.15) is 30.4 Å². The first-order valence-corrected chi connectivity index (χ1v) is 12.8. The number of aromatic nitrogens is 2. The van der Waals surface area contributed by atoms with Crippen LogP contribution in [0.4, 0.5) is 0 Å². The standard InChI is InChI=1S/C29H39N3O5/c1-20-14-21(2)22(3)26(15-20)37-19-29(34)18-31(10-8-28(29)33)17-24-6-7-25(27(16-24)35-5)36-13-12-32-11-9-30-23(32)4/h6-7,9,11,14-16,28,33-34H,8,10,12-13,17-19H2,1-5H3/t28-,29-/m0/s1. The molecule has 1 aliphatic rings. The zero-order valence-electron chi connectivity index (χ0n) is 22.5. The molecule has 4 rings (SSSR count). The quantitative estimate of drug-likeness (QED) is 0.432. The van der Waals surface area contributed by atoms with Crippen molar-refractivity contribution in [2.45, 2.75) is 58.9 Å². The van der Waals surface area contributed by atoms with Gasteiger partial charge in [-0.25, -0.2) is 4.98 Å². The summed E-state index contributed by atoms with van der Waals surface area (Å²) >= 11 is 0. The summed E-state index contributed by atoms with van der Waals surface area (Å²) in [5.74, 6) is 3.05. The second-order valence-electron chi connectivity index (χ2n) is 10.1. The average molecular weight is 510 g/mol. The minimum atomic E-state index is -1.36. The maximum absolute atomic E-state index is 11.4. The molecule has 1 fully saturated rings. The fraction of sp³-hybridized carbons (Fsp3) is 0.483. The van der Waals surface area contributed by atoms with Crippen LogP contribution >= 0.6 is 0 Å². The number of rotatable bonds is 10. The van der Waals surface area contributed by atoms with E-state index in [-0.39, 0.29) is 6.61 Å². The number of benzene rings is 2. The molecule has 0 saturated carbocycles. The van der Waals surface area contributed by atoms with E-state index >= 15 is 0 Å². The van der Waals surface area contributed by atoms with Crippen molar-refractivity contribution in [2.75, 3.05) is 33.4 Å². The molecule has 8 nitrogen and oxygen atoms in total. The van der Waals surface area contributed by atoms with Gasteiger partial charge in [-0.05, 0) is 74.6 Å². The zero-order valence-corrected chi connectivity index (χ0v) is 22.5. The molecule has 37 heavy (non-hydrogen) atoms. The first-order valence-electron chi connectivity index (χ1n) is 12.8. The summed E-state index contributed by atoms with van der Waals surface area (Å²) in [6.07, 6.45) is 3.34. The second-order valence-corrected chi connectivity index (χ2v) is 10.1. The molecule has 2 N–H and O–H groups in total. The third-order valence-corrected chi connectivity index (χ3v) is 7.23. The Kier molecular flexibility index (Phi) is 8.42. The minimum Gasteiger partial charge on any atom is -0.493 e. The van der Waals surface area contributed by atoms with E-state index in [0.717, 1.165) is 33.8 Å². The minimum absolute atomic E-state index is 0.0287. The number of aliphatic hydroxyl groups is 2. The maximum Gasteiger partial charge on any atom is 0.161 e. The molecule has 1 aliphatic heterocycles. The van der Waals surface area contributed by atoms with E-state index in [0.29, 0.717) is 50.7 Å². The predicted octanol–water partition coefficient (Wildman–Crippen LogP) is 3.58. The molecule has 200 valence electrons. The van der Waals surface area contributed by atoms with Gasteiger partial charge in [0, 0.05) is 32.0 Å². The first kappa shape index (κ1) is 27.0. The summed E-state index contributed by atoms with van der Waals surface area (Å²) in [5, 5.41) is 22.0. The Bertz CT molecular complexity index is 1210. The number of ether oxygens (including phenoxy) is 3. The third-order valence-electron chi connectivity index (χ3n) is 7.23. The second kappa shape index (κ2) is 11.5. The summed E-state index contributed by atoms with van der Waals surface area (Å²) in [6.45, 7) is 10.9. The van der Waals surface area contributed by atoms with Crippen LogP contribution in [0, 0.1) is 27.7 Å². The van der Waals surface area contributed by atoms with Gasteiger partial charge in [0.15, 0.2) is 11.5 Å². The fourth-order valence-electron chi connectivity index (χ4n) is 4.86. The van der Waals surface area contributed by atoms with E-state index in [1.165, 1.54) is 0 Å². The van der Waals surface area contributed by atoms with Gasteiger partial charge in [-0.2, -0.15) is 0 Å². The number of hydrogen-bond donors (Lipinski definition) is 2. The monoisotopic (exact) mass is 509 g/mol. The third kappa shape index (κ3) is 6.44. The van der Waals surface area contributed by atoms with Crippen molar-refractivity contribution in [2.24, 2.45) is 0 Å². The van der Waals surface area contributed by atoms with Crippen LogP contribution in [0.1, 0.15) is 34.5 Å². The molecule has 1 saturated heterocycles. The van der Waals surface area contributed by atoms with Gasteiger partial charge >= 0.3 is 0 Å². The van der Waals surface area contributed by atoms with Gasteiger partial charge in [0.05, 0.1) is 19.8 Å². The Balaban J connectivity index is 1.37. The highest BCUT2D eigenvalue weighted by Gasteiger charge is 2.42. The lowest BCUT2D eigenvalue weighted by molar-refractivity contribution is -0.140.